The highest BCUT2D eigenvalue weighted by Crippen LogP contribution is 2.29. The highest BCUT2D eigenvalue weighted by Gasteiger charge is 2.21. The highest BCUT2D eigenvalue weighted by atomic mass is 79.9. The van der Waals surface area contributed by atoms with E-state index in [2.05, 4.69) is 31.3 Å². The van der Waals surface area contributed by atoms with Gasteiger partial charge in [0.05, 0.1) is 16.4 Å². The van der Waals surface area contributed by atoms with Gasteiger partial charge in [-0.2, -0.15) is 0 Å². The Kier molecular flexibility index (Phi) is 6.14. The molecule has 0 aliphatic carbocycles. The summed E-state index contributed by atoms with van der Waals surface area (Å²) in [6.07, 6.45) is 0. The van der Waals surface area contributed by atoms with Crippen molar-refractivity contribution < 1.29 is 4.79 Å². The molecule has 0 fully saturated rings. The summed E-state index contributed by atoms with van der Waals surface area (Å²) in [5, 5.41) is 8.40. The summed E-state index contributed by atoms with van der Waals surface area (Å²) in [5.41, 5.74) is 3.77. The molecule has 0 aliphatic heterocycles. The Balaban J connectivity index is 1.82. The van der Waals surface area contributed by atoms with Gasteiger partial charge in [0.25, 0.3) is 5.91 Å². The number of carbonyl (C=O) groups is 1. The first-order valence-corrected chi connectivity index (χ1v) is 10.9. The molecule has 4 aromatic rings. The summed E-state index contributed by atoms with van der Waals surface area (Å²) in [5.74, 6) is 0.100. The minimum Gasteiger partial charge on any atom is -0.318 e. The zero-order valence-electron chi connectivity index (χ0n) is 16.7. The number of rotatable bonds is 4. The molecule has 0 saturated carbocycles. The fourth-order valence-corrected chi connectivity index (χ4v) is 3.85. The predicted octanol–water partition coefficient (Wildman–Crippen LogP) is 6.87. The number of hydrogen-bond donors (Lipinski definition) is 1. The molecule has 0 atom stereocenters. The number of carbonyl (C=O) groups excluding carboxylic acids is 1. The molecule has 3 aromatic carbocycles. The molecule has 5 nitrogen and oxygen atoms in total. The average Bonchev–Trinajstić information content (AvgIpc) is 3.18. The Morgan fingerprint density at radius 3 is 2.35 bits per heavy atom. The summed E-state index contributed by atoms with van der Waals surface area (Å²) < 4.78 is 2.58. The van der Waals surface area contributed by atoms with Crippen molar-refractivity contribution in [2.75, 3.05) is 5.32 Å². The SMILES string of the molecule is Cc1cccc(Cl)c1NC(=O)c1nc(-c2ccc(Br)cc2)n(-c2cccc(Cl)c2C)n1. The van der Waals surface area contributed by atoms with Crippen LogP contribution in [0.25, 0.3) is 17.1 Å². The summed E-state index contributed by atoms with van der Waals surface area (Å²) in [7, 11) is 0. The molecule has 0 unspecified atom stereocenters. The second-order valence-electron chi connectivity index (χ2n) is 6.95. The van der Waals surface area contributed by atoms with Gasteiger partial charge in [0.15, 0.2) is 5.82 Å². The Labute approximate surface area is 198 Å². The number of halogens is 3. The Morgan fingerprint density at radius 2 is 1.65 bits per heavy atom. The molecule has 1 aromatic heterocycles. The number of anilines is 1. The quantitative estimate of drug-likeness (QED) is 0.322. The number of aromatic nitrogens is 3. The number of aryl methyl sites for hydroxylation is 1. The van der Waals surface area contributed by atoms with E-state index in [1.165, 1.54) is 0 Å². The van der Waals surface area contributed by atoms with Crippen LogP contribution in [0.4, 0.5) is 5.69 Å². The maximum atomic E-state index is 13.0. The smallest absolute Gasteiger partial charge is 0.295 e. The van der Waals surface area contributed by atoms with Gasteiger partial charge < -0.3 is 5.32 Å². The molecule has 0 aliphatic rings. The van der Waals surface area contributed by atoms with Crippen molar-refractivity contribution in [1.82, 2.24) is 14.8 Å². The normalized spacial score (nSPS) is 10.9. The molecule has 1 amide bonds. The van der Waals surface area contributed by atoms with Crippen molar-refractivity contribution in [2.45, 2.75) is 13.8 Å². The first kappa shape index (κ1) is 21.6. The molecule has 1 N–H and O–H groups in total. The largest absolute Gasteiger partial charge is 0.318 e. The molecular formula is C23H17BrCl2N4O. The van der Waals surface area contributed by atoms with Crippen LogP contribution in [-0.4, -0.2) is 20.7 Å². The lowest BCUT2D eigenvalue weighted by atomic mass is 10.1. The van der Waals surface area contributed by atoms with Crippen LogP contribution in [0.15, 0.2) is 65.1 Å². The van der Waals surface area contributed by atoms with E-state index in [9.17, 15) is 4.79 Å². The third kappa shape index (κ3) is 4.37. The van der Waals surface area contributed by atoms with Crippen LogP contribution in [0, 0.1) is 13.8 Å². The Bertz CT molecular complexity index is 1270. The molecule has 0 spiro atoms. The lowest BCUT2D eigenvalue weighted by Crippen LogP contribution is -2.15. The summed E-state index contributed by atoms with van der Waals surface area (Å²) >= 11 is 16.0. The number of benzene rings is 3. The second kappa shape index (κ2) is 8.83. The van der Waals surface area contributed by atoms with Gasteiger partial charge in [0.1, 0.15) is 0 Å². The molecule has 0 bridgehead atoms. The number of nitrogens with zero attached hydrogens (tertiary/aromatic N) is 3. The maximum absolute atomic E-state index is 13.0. The van der Waals surface area contributed by atoms with Crippen molar-refractivity contribution in [1.29, 1.82) is 0 Å². The van der Waals surface area contributed by atoms with Gasteiger partial charge >= 0.3 is 0 Å². The monoisotopic (exact) mass is 514 g/mol. The first-order chi connectivity index (χ1) is 14.8. The zero-order chi connectivity index (χ0) is 22.1. The summed E-state index contributed by atoms with van der Waals surface area (Å²) in [6, 6.07) is 18.6. The molecular weight excluding hydrogens is 499 g/mol. The van der Waals surface area contributed by atoms with Crippen LogP contribution in [0.1, 0.15) is 21.7 Å². The van der Waals surface area contributed by atoms with Crippen molar-refractivity contribution in [2.24, 2.45) is 0 Å². The van der Waals surface area contributed by atoms with E-state index in [1.54, 1.807) is 10.7 Å². The number of hydrogen-bond acceptors (Lipinski definition) is 3. The van der Waals surface area contributed by atoms with E-state index in [0.717, 1.165) is 26.9 Å². The summed E-state index contributed by atoms with van der Waals surface area (Å²) in [6.45, 7) is 3.77. The van der Waals surface area contributed by atoms with Gasteiger partial charge in [0.2, 0.25) is 5.82 Å². The van der Waals surface area contributed by atoms with E-state index in [1.807, 2.05) is 68.4 Å². The van der Waals surface area contributed by atoms with Crippen molar-refractivity contribution >= 4 is 50.7 Å². The Hall–Kier alpha value is -2.67. The highest BCUT2D eigenvalue weighted by molar-refractivity contribution is 9.10. The Morgan fingerprint density at radius 1 is 0.968 bits per heavy atom. The van der Waals surface area contributed by atoms with Gasteiger partial charge in [-0.1, -0.05) is 69.5 Å². The van der Waals surface area contributed by atoms with Gasteiger partial charge in [-0.05, 0) is 55.3 Å². The van der Waals surface area contributed by atoms with Crippen molar-refractivity contribution in [3.8, 4) is 17.1 Å². The van der Waals surface area contributed by atoms with Gasteiger partial charge in [-0.25, -0.2) is 9.67 Å². The van der Waals surface area contributed by atoms with Crippen LogP contribution in [0.5, 0.6) is 0 Å². The minimum absolute atomic E-state index is 0.0246. The van der Waals surface area contributed by atoms with Crippen LogP contribution in [0.3, 0.4) is 0 Å². The molecule has 31 heavy (non-hydrogen) atoms. The standard InChI is InChI=1S/C23H17BrCl2N4O/c1-13-5-3-7-18(26)20(13)27-23(31)21-28-22(15-9-11-16(24)12-10-15)30(29-21)19-8-4-6-17(25)14(19)2/h3-12H,1-2H3,(H,27,31). The van der Waals surface area contributed by atoms with Gasteiger partial charge in [-0.3, -0.25) is 4.79 Å². The molecule has 8 heteroatoms. The average molecular weight is 516 g/mol. The van der Waals surface area contributed by atoms with E-state index < -0.39 is 5.91 Å². The van der Waals surface area contributed by atoms with E-state index >= 15 is 0 Å². The first-order valence-electron chi connectivity index (χ1n) is 9.40. The number of para-hydroxylation sites is 1. The molecule has 1 heterocycles. The van der Waals surface area contributed by atoms with Crippen LogP contribution in [-0.2, 0) is 0 Å². The number of nitrogens with one attached hydrogen (secondary N) is 1. The summed E-state index contributed by atoms with van der Waals surface area (Å²) in [4.78, 5) is 17.6. The topological polar surface area (TPSA) is 59.8 Å². The maximum Gasteiger partial charge on any atom is 0.295 e. The molecule has 156 valence electrons. The van der Waals surface area contributed by atoms with Gasteiger partial charge in [-0.15, -0.1) is 5.10 Å². The van der Waals surface area contributed by atoms with Gasteiger partial charge in [0, 0.05) is 15.1 Å². The third-order valence-corrected chi connectivity index (χ3v) is 6.09. The molecule has 4 rings (SSSR count). The van der Waals surface area contributed by atoms with Crippen LogP contribution in [0.2, 0.25) is 10.0 Å². The fraction of sp³-hybridized carbons (Fsp3) is 0.0870. The van der Waals surface area contributed by atoms with Crippen molar-refractivity contribution in [3.05, 3.63) is 92.1 Å². The number of amides is 1. The minimum atomic E-state index is -0.451. The lowest BCUT2D eigenvalue weighted by Gasteiger charge is -2.10. The predicted molar refractivity (Wildman–Crippen MR) is 128 cm³/mol. The zero-order valence-corrected chi connectivity index (χ0v) is 19.8. The fourth-order valence-electron chi connectivity index (χ4n) is 3.15. The van der Waals surface area contributed by atoms with E-state index in [4.69, 9.17) is 23.2 Å². The van der Waals surface area contributed by atoms with E-state index in [-0.39, 0.29) is 5.82 Å². The van der Waals surface area contributed by atoms with Crippen LogP contribution >= 0.6 is 39.1 Å². The molecule has 0 radical (unpaired) electrons. The lowest BCUT2D eigenvalue weighted by molar-refractivity contribution is 0.101. The third-order valence-electron chi connectivity index (χ3n) is 4.84. The van der Waals surface area contributed by atoms with E-state index in [0.29, 0.717) is 21.6 Å². The second-order valence-corrected chi connectivity index (χ2v) is 8.68. The van der Waals surface area contributed by atoms with Crippen LogP contribution < -0.4 is 5.32 Å². The molecule has 0 saturated heterocycles. The van der Waals surface area contributed by atoms with Crippen molar-refractivity contribution in [3.63, 3.8) is 0 Å².